The van der Waals surface area contributed by atoms with Gasteiger partial charge in [0, 0.05) is 12.2 Å². The van der Waals surface area contributed by atoms with E-state index in [4.69, 9.17) is 5.73 Å². The van der Waals surface area contributed by atoms with Crippen molar-refractivity contribution in [3.63, 3.8) is 0 Å². The van der Waals surface area contributed by atoms with E-state index in [0.717, 1.165) is 12.0 Å². The molecule has 102 valence electrons. The van der Waals surface area contributed by atoms with Crippen LogP contribution in [0.1, 0.15) is 35.7 Å². The van der Waals surface area contributed by atoms with Crippen LogP contribution in [0.2, 0.25) is 0 Å². The Morgan fingerprint density at radius 1 is 1.47 bits per heavy atom. The largest absolute Gasteiger partial charge is 0.478 e. The first kappa shape index (κ1) is 13.5. The van der Waals surface area contributed by atoms with Crippen LogP contribution in [0, 0.1) is 0 Å². The molecule has 1 atom stereocenters. The number of nitrogens with zero attached hydrogens (tertiary/aromatic N) is 1. The zero-order valence-corrected chi connectivity index (χ0v) is 10.9. The summed E-state index contributed by atoms with van der Waals surface area (Å²) >= 11 is 0. The first-order chi connectivity index (χ1) is 9.06. The quantitative estimate of drug-likeness (QED) is 0.862. The number of aromatic carboxylic acids is 1. The van der Waals surface area contributed by atoms with Gasteiger partial charge in [0.1, 0.15) is 0 Å². The van der Waals surface area contributed by atoms with Crippen LogP contribution in [-0.4, -0.2) is 29.6 Å². The van der Waals surface area contributed by atoms with E-state index in [9.17, 15) is 14.7 Å². The molecule has 0 saturated carbocycles. The van der Waals surface area contributed by atoms with Gasteiger partial charge in [-0.2, -0.15) is 0 Å². The van der Waals surface area contributed by atoms with E-state index in [1.54, 1.807) is 23.1 Å². The highest BCUT2D eigenvalue weighted by Crippen LogP contribution is 2.30. The first-order valence-electron chi connectivity index (χ1n) is 6.48. The van der Waals surface area contributed by atoms with Gasteiger partial charge in [0.05, 0.1) is 11.6 Å². The molecule has 0 bridgehead atoms. The molecule has 3 N–H and O–H groups in total. The molecule has 0 radical (unpaired) electrons. The number of carbonyl (C=O) groups is 2. The molecule has 5 heteroatoms. The van der Waals surface area contributed by atoms with Crippen molar-refractivity contribution < 1.29 is 14.7 Å². The number of carboxylic acids is 1. The predicted octanol–water partition coefficient (Wildman–Crippen LogP) is 1.40. The number of rotatable bonds is 3. The van der Waals surface area contributed by atoms with Crippen molar-refractivity contribution in [2.45, 2.75) is 32.2 Å². The van der Waals surface area contributed by atoms with Crippen molar-refractivity contribution in [2.24, 2.45) is 5.73 Å². The zero-order valence-electron chi connectivity index (χ0n) is 10.9. The predicted molar refractivity (Wildman–Crippen MR) is 72.3 cm³/mol. The highest BCUT2D eigenvalue weighted by Gasteiger charge is 2.28. The Bertz CT molecular complexity index is 513. The topological polar surface area (TPSA) is 83.6 Å². The Morgan fingerprint density at radius 3 is 2.84 bits per heavy atom. The van der Waals surface area contributed by atoms with Gasteiger partial charge >= 0.3 is 5.97 Å². The molecule has 2 rings (SSSR count). The molecule has 1 aliphatic heterocycles. The molecule has 0 fully saturated rings. The molecule has 5 nitrogen and oxygen atoms in total. The molecule has 1 aromatic rings. The van der Waals surface area contributed by atoms with E-state index in [-0.39, 0.29) is 11.5 Å². The van der Waals surface area contributed by atoms with Gasteiger partial charge < -0.3 is 15.7 Å². The van der Waals surface area contributed by atoms with Crippen molar-refractivity contribution >= 4 is 17.6 Å². The summed E-state index contributed by atoms with van der Waals surface area (Å²) in [5.41, 5.74) is 7.50. The third-order valence-electron chi connectivity index (χ3n) is 3.50. The second-order valence-electron chi connectivity index (χ2n) is 4.72. The Kier molecular flexibility index (Phi) is 3.85. The number of amides is 1. The second-order valence-corrected chi connectivity index (χ2v) is 4.72. The van der Waals surface area contributed by atoms with E-state index in [1.165, 1.54) is 0 Å². The number of carboxylic acid groups (broad SMARTS) is 1. The average molecular weight is 262 g/mol. The normalized spacial score (nSPS) is 15.8. The van der Waals surface area contributed by atoms with Crippen LogP contribution in [0.3, 0.4) is 0 Å². The van der Waals surface area contributed by atoms with Crippen molar-refractivity contribution in [2.75, 3.05) is 11.4 Å². The van der Waals surface area contributed by atoms with Crippen LogP contribution in [0.25, 0.3) is 0 Å². The van der Waals surface area contributed by atoms with E-state index in [2.05, 4.69) is 0 Å². The van der Waals surface area contributed by atoms with Gasteiger partial charge in [0.2, 0.25) is 5.91 Å². The fourth-order valence-corrected chi connectivity index (χ4v) is 2.43. The zero-order chi connectivity index (χ0) is 14.0. The van der Waals surface area contributed by atoms with Crippen molar-refractivity contribution in [1.82, 2.24) is 0 Å². The molecule has 1 aromatic carbocycles. The Labute approximate surface area is 112 Å². The van der Waals surface area contributed by atoms with Crippen LogP contribution in [0.15, 0.2) is 18.2 Å². The van der Waals surface area contributed by atoms with Gasteiger partial charge in [-0.25, -0.2) is 4.79 Å². The van der Waals surface area contributed by atoms with E-state index >= 15 is 0 Å². The van der Waals surface area contributed by atoms with Gasteiger partial charge in [-0.15, -0.1) is 0 Å². The fourth-order valence-electron chi connectivity index (χ4n) is 2.43. The molecular weight excluding hydrogens is 244 g/mol. The van der Waals surface area contributed by atoms with Gasteiger partial charge in [-0.05, 0) is 37.0 Å². The molecule has 1 aliphatic rings. The standard InChI is InChI=1S/C14H18N2O3/c1-2-11(15)13(17)16-8-4-6-9-10(14(18)19)5-3-7-12(9)16/h3,5,7,11H,2,4,6,8,15H2,1H3,(H,18,19)/t11-/m1/s1. The van der Waals surface area contributed by atoms with Gasteiger partial charge in [0.25, 0.3) is 0 Å². The summed E-state index contributed by atoms with van der Waals surface area (Å²) in [5, 5.41) is 9.19. The Hall–Kier alpha value is -1.88. The third-order valence-corrected chi connectivity index (χ3v) is 3.50. The number of nitrogens with two attached hydrogens (primary N) is 1. The lowest BCUT2D eigenvalue weighted by Gasteiger charge is -2.31. The summed E-state index contributed by atoms with van der Waals surface area (Å²) in [4.78, 5) is 25.1. The Balaban J connectivity index is 2.43. The number of hydrogen-bond donors (Lipinski definition) is 2. The molecule has 0 aromatic heterocycles. The number of anilines is 1. The number of carbonyl (C=O) groups excluding carboxylic acids is 1. The van der Waals surface area contributed by atoms with E-state index in [0.29, 0.717) is 25.1 Å². The molecule has 0 unspecified atom stereocenters. The lowest BCUT2D eigenvalue weighted by Crippen LogP contribution is -2.46. The number of fused-ring (bicyclic) bond motifs is 1. The average Bonchev–Trinajstić information content (AvgIpc) is 2.44. The maximum Gasteiger partial charge on any atom is 0.336 e. The highest BCUT2D eigenvalue weighted by atomic mass is 16.4. The summed E-state index contributed by atoms with van der Waals surface area (Å²) < 4.78 is 0. The fraction of sp³-hybridized carbons (Fsp3) is 0.429. The lowest BCUT2D eigenvalue weighted by molar-refractivity contribution is -0.120. The number of benzene rings is 1. The summed E-state index contributed by atoms with van der Waals surface area (Å²) in [5.74, 6) is -1.09. The van der Waals surface area contributed by atoms with Crippen molar-refractivity contribution in [3.05, 3.63) is 29.3 Å². The molecular formula is C14H18N2O3. The second kappa shape index (κ2) is 5.40. The minimum absolute atomic E-state index is 0.133. The molecule has 0 spiro atoms. The first-order valence-corrected chi connectivity index (χ1v) is 6.48. The van der Waals surface area contributed by atoms with Crippen LogP contribution in [0.5, 0.6) is 0 Å². The number of hydrogen-bond acceptors (Lipinski definition) is 3. The molecule has 0 aliphatic carbocycles. The van der Waals surface area contributed by atoms with Crippen LogP contribution in [-0.2, 0) is 11.2 Å². The monoisotopic (exact) mass is 262 g/mol. The molecule has 19 heavy (non-hydrogen) atoms. The lowest BCUT2D eigenvalue weighted by atomic mass is 9.95. The summed E-state index contributed by atoms with van der Waals surface area (Å²) in [7, 11) is 0. The minimum atomic E-state index is -0.953. The maximum atomic E-state index is 12.2. The molecule has 1 amide bonds. The van der Waals surface area contributed by atoms with Crippen LogP contribution < -0.4 is 10.6 Å². The van der Waals surface area contributed by atoms with Crippen LogP contribution in [0.4, 0.5) is 5.69 Å². The smallest absolute Gasteiger partial charge is 0.336 e. The molecule has 0 saturated heterocycles. The summed E-state index contributed by atoms with van der Waals surface area (Å²) in [6.45, 7) is 2.46. The van der Waals surface area contributed by atoms with Gasteiger partial charge in [-0.1, -0.05) is 13.0 Å². The summed E-state index contributed by atoms with van der Waals surface area (Å²) in [6, 6.07) is 4.51. The van der Waals surface area contributed by atoms with Gasteiger partial charge in [-0.3, -0.25) is 4.79 Å². The van der Waals surface area contributed by atoms with E-state index in [1.807, 2.05) is 6.92 Å². The summed E-state index contributed by atoms with van der Waals surface area (Å²) in [6.07, 6.45) is 2.02. The SMILES string of the molecule is CC[C@@H](N)C(=O)N1CCCc2c(C(=O)O)cccc21. The van der Waals surface area contributed by atoms with E-state index < -0.39 is 12.0 Å². The van der Waals surface area contributed by atoms with Gasteiger partial charge in [0.15, 0.2) is 0 Å². The minimum Gasteiger partial charge on any atom is -0.478 e. The third kappa shape index (κ3) is 2.46. The highest BCUT2D eigenvalue weighted by molar-refractivity contribution is 6.00. The maximum absolute atomic E-state index is 12.2. The Morgan fingerprint density at radius 2 is 2.21 bits per heavy atom. The van der Waals surface area contributed by atoms with Crippen LogP contribution >= 0.6 is 0 Å². The molecule has 1 heterocycles. The van der Waals surface area contributed by atoms with Crippen molar-refractivity contribution in [3.8, 4) is 0 Å². The van der Waals surface area contributed by atoms with Crippen molar-refractivity contribution in [1.29, 1.82) is 0 Å².